The first kappa shape index (κ1) is 88.9. The third kappa shape index (κ3) is 14.8. The highest BCUT2D eigenvalue weighted by Crippen LogP contribution is 2.43. The lowest BCUT2D eigenvalue weighted by atomic mass is 9.95. The van der Waals surface area contributed by atoms with Crippen LogP contribution in [0.3, 0.4) is 0 Å². The van der Waals surface area contributed by atoms with Gasteiger partial charge >= 0.3 is 0 Å². The van der Waals surface area contributed by atoms with Crippen LogP contribution in [0.15, 0.2) is 249 Å². The molecule has 129 heavy (non-hydrogen) atoms. The van der Waals surface area contributed by atoms with Gasteiger partial charge in [0.05, 0.1) is 43.0 Å². The minimum Gasteiger partial charge on any atom is -0.238 e. The summed E-state index contributed by atoms with van der Waals surface area (Å²) in [6, 6.07) is 82.4. The Morgan fingerprint density at radius 2 is 0.581 bits per heavy atom. The van der Waals surface area contributed by atoms with E-state index in [1.807, 2.05) is 48.5 Å². The molecule has 5 aromatic heterocycles. The number of hydrogen-bond donors (Lipinski definition) is 0. The average Bonchev–Trinajstić information content (AvgIpc) is 1.58. The zero-order valence-corrected chi connectivity index (χ0v) is 84.1. The van der Waals surface area contributed by atoms with Gasteiger partial charge in [-0.2, -0.15) is 10.5 Å². The number of aryl methyl sites for hydroxylation is 14. The molecular weight excluding hydrogens is 1650 g/mol. The number of rotatable bonds is 5. The van der Waals surface area contributed by atoms with E-state index < -0.39 is 40.4 Å². The highest BCUT2D eigenvalue weighted by atomic mass is 28.3. The minimum absolute atomic E-state index is 0.726. The lowest BCUT2D eigenvalue weighted by molar-refractivity contribution is -0.660. The number of pyridine rings is 5. The van der Waals surface area contributed by atoms with Gasteiger partial charge in [-0.25, -0.2) is 37.4 Å². The summed E-state index contributed by atoms with van der Waals surface area (Å²) in [5, 5.41) is 33.7. The van der Waals surface area contributed by atoms with Gasteiger partial charge in [0.15, 0.2) is 48.0 Å². The Balaban J connectivity index is 0.000000118. The third-order valence-electron chi connectivity index (χ3n) is 28.2. The normalized spacial score (nSPS) is 13.9. The fourth-order valence-corrected chi connectivity index (χ4v) is 39.9. The van der Waals surface area contributed by atoms with Crippen molar-refractivity contribution in [2.24, 2.45) is 35.2 Å². The van der Waals surface area contributed by atoms with Gasteiger partial charge in [0.2, 0.25) is 28.5 Å². The molecular formula is C114H113N10Si5+5. The summed E-state index contributed by atoms with van der Waals surface area (Å²) >= 11 is 0. The summed E-state index contributed by atoms with van der Waals surface area (Å²) in [6.45, 7) is 66.1. The second kappa shape index (κ2) is 33.6. The quantitative estimate of drug-likeness (QED) is 0.0977. The molecule has 0 aliphatic carbocycles. The molecule has 10 nitrogen and oxygen atoms in total. The van der Waals surface area contributed by atoms with Crippen LogP contribution in [-0.4, -0.2) is 40.4 Å². The van der Waals surface area contributed by atoms with Crippen LogP contribution in [0.2, 0.25) is 65.5 Å². The largest absolute Gasteiger partial charge is 0.238 e. The van der Waals surface area contributed by atoms with Crippen LogP contribution in [0.5, 0.6) is 0 Å². The van der Waals surface area contributed by atoms with Crippen molar-refractivity contribution in [1.29, 1.82) is 10.5 Å². The molecule has 10 heterocycles. The molecule has 0 N–H and O–H groups in total. The molecule has 0 saturated carbocycles. The SMILES string of the molecule is Cc1ccc(-c2c(C)ccc3c2[Si](C)(C)c2cccc(C#N)c2-3)[n+](C)c1.Cc1ccc(-c2c(C)ccc3c2[Si](C)(C)c2cccc(C#N)c2-3)[n+](C)c1.[C-]#[N+]c1ccc2c(c1)-c1ccc(C)c(-c3cccc[n+]3C)c1[Si]2(C)C.[C-]#[N+]c1ccc2c(c1)[Si](C)(C)c1c-2ccc(C)c1-c1ccc(C)c[n+]1C.[C-]#[N+]c1cccc2c1[Si](C)(C)c1c-2ccc(C)c1-c1ccc(C)c[n+]1C. The van der Waals surface area contributed by atoms with E-state index in [0.29, 0.717) is 0 Å². The van der Waals surface area contributed by atoms with Crippen LogP contribution in [-0.2, 0) is 35.2 Å². The second-order valence-corrected chi connectivity index (χ2v) is 60.1. The Kier molecular flexibility index (Phi) is 23.2. The molecule has 15 aromatic rings. The van der Waals surface area contributed by atoms with E-state index >= 15 is 0 Å². The first-order chi connectivity index (χ1) is 61.4. The Labute approximate surface area is 768 Å². The maximum Gasteiger partial charge on any atom is 0.212 e. The van der Waals surface area contributed by atoms with Gasteiger partial charge in [-0.3, -0.25) is 0 Å². The van der Waals surface area contributed by atoms with Crippen LogP contribution in [0.25, 0.3) is 126 Å². The summed E-state index contributed by atoms with van der Waals surface area (Å²) in [6.07, 6.45) is 10.9. The van der Waals surface area contributed by atoms with E-state index in [4.69, 9.17) is 19.7 Å². The van der Waals surface area contributed by atoms with E-state index in [2.05, 4.69) is 413 Å². The minimum atomic E-state index is -1.97. The number of nitrogens with zero attached hydrogens (tertiary/aromatic N) is 10. The molecule has 634 valence electrons. The maximum atomic E-state index is 9.67. The van der Waals surface area contributed by atoms with Crippen molar-refractivity contribution in [3.63, 3.8) is 0 Å². The van der Waals surface area contributed by atoms with Gasteiger partial charge < -0.3 is 0 Å². The maximum absolute atomic E-state index is 9.67. The highest BCUT2D eigenvalue weighted by molar-refractivity contribution is 7.07. The van der Waals surface area contributed by atoms with Gasteiger partial charge in [0.1, 0.15) is 75.6 Å². The van der Waals surface area contributed by atoms with Crippen LogP contribution in [0.4, 0.5) is 17.1 Å². The van der Waals surface area contributed by atoms with Crippen molar-refractivity contribution in [3.8, 4) is 124 Å². The summed E-state index contributed by atoms with van der Waals surface area (Å²) in [4.78, 5) is 11.2. The Hall–Kier alpha value is -13.5. The monoisotopic (exact) mass is 1760 g/mol. The Bertz CT molecular complexity index is 7350. The van der Waals surface area contributed by atoms with E-state index in [-0.39, 0.29) is 0 Å². The smallest absolute Gasteiger partial charge is 0.212 e. The van der Waals surface area contributed by atoms with Crippen molar-refractivity contribution in [3.05, 3.63) is 345 Å². The zero-order chi connectivity index (χ0) is 92.3. The molecule has 0 saturated heterocycles. The summed E-state index contributed by atoms with van der Waals surface area (Å²) < 4.78 is 11.2. The van der Waals surface area contributed by atoms with E-state index in [1.54, 1.807) is 0 Å². The molecule has 10 aromatic carbocycles. The van der Waals surface area contributed by atoms with Gasteiger partial charge in [0, 0.05) is 86.5 Å². The van der Waals surface area contributed by atoms with Gasteiger partial charge in [0.25, 0.3) is 0 Å². The molecule has 0 atom stereocenters. The predicted octanol–water partition coefficient (Wildman–Crippen LogP) is 19.1. The summed E-state index contributed by atoms with van der Waals surface area (Å²) in [5.74, 6) is 0. The standard InChI is InChI=1S/4C23H23N2Si.C22H21N2Si/c1-15-7-12-20(25(4)14-15)22-16(2)8-10-19-18-11-9-17(24-3)13-21(18)26(5,6)23(19)22;1-15-10-13-20(25(4)14-15)21-16(2)11-12-18-17-8-7-9-19(24-3)22(17)26(5,6)23(18)21;2*1-15-9-12-19(25(3)14-15)21-16(2)10-11-18-22-17(13-24)7-6-8-20(22)26(4,5)23(18)21;1-15-9-11-17-18-14-16(23-2)10-12-20(18)25(4,5)22(17)21(15)19-8-6-7-13-24(19)3/h2*7-14H,1-2,4-6H3;2*6-12,14H,1-5H3;6-14H,1,3-5H3/q5*+1. The molecule has 0 amide bonds. The molecule has 20 rings (SSSR count). The van der Waals surface area contributed by atoms with Crippen molar-refractivity contribution >= 4 is 109 Å². The number of fused-ring (bicyclic) bond motifs is 15. The summed E-state index contributed by atoms with van der Waals surface area (Å²) in [5.41, 5.74) is 41.3. The van der Waals surface area contributed by atoms with E-state index in [1.165, 1.54) is 203 Å². The molecule has 0 spiro atoms. The van der Waals surface area contributed by atoms with Gasteiger partial charge in [-0.15, -0.1) is 0 Å². The van der Waals surface area contributed by atoms with Crippen LogP contribution < -0.4 is 74.7 Å². The lowest BCUT2D eigenvalue weighted by Gasteiger charge is -2.23. The third-order valence-corrected chi connectivity index (χ3v) is 45.9. The molecule has 0 radical (unpaired) electrons. The Morgan fingerprint density at radius 1 is 0.256 bits per heavy atom. The molecule has 0 fully saturated rings. The number of hydrogen-bond acceptors (Lipinski definition) is 2. The van der Waals surface area contributed by atoms with Crippen molar-refractivity contribution in [2.45, 2.75) is 128 Å². The van der Waals surface area contributed by atoms with E-state index in [9.17, 15) is 10.5 Å². The predicted molar refractivity (Wildman–Crippen MR) is 547 cm³/mol. The molecule has 0 bridgehead atoms. The second-order valence-electron chi connectivity index (χ2n) is 38.7. The Morgan fingerprint density at radius 3 is 0.969 bits per heavy atom. The first-order valence-electron chi connectivity index (χ1n) is 44.5. The number of aromatic nitrogens is 5. The zero-order valence-electron chi connectivity index (χ0n) is 79.1. The van der Waals surface area contributed by atoms with Gasteiger partial charge in [-0.05, 0) is 241 Å². The average molecular weight is 1760 g/mol. The first-order valence-corrected chi connectivity index (χ1v) is 59.5. The number of benzene rings is 10. The molecule has 5 aliphatic heterocycles. The summed E-state index contributed by atoms with van der Waals surface area (Å²) in [7, 11) is 1.18. The lowest BCUT2D eigenvalue weighted by Crippen LogP contribution is -2.51. The fraction of sp³-hybridized carbons (Fsp3) is 0.211. The molecule has 15 heteroatoms. The van der Waals surface area contributed by atoms with Crippen molar-refractivity contribution in [1.82, 2.24) is 0 Å². The molecule has 0 unspecified atom stereocenters. The highest BCUT2D eigenvalue weighted by Gasteiger charge is 2.48. The molecule has 5 aliphatic rings. The number of nitriles is 2. The van der Waals surface area contributed by atoms with Crippen LogP contribution in [0.1, 0.15) is 61.2 Å². The topological polar surface area (TPSA) is 80.1 Å². The van der Waals surface area contributed by atoms with Crippen LogP contribution >= 0.6 is 0 Å². The van der Waals surface area contributed by atoms with E-state index in [0.717, 1.165) is 39.3 Å². The van der Waals surface area contributed by atoms with Gasteiger partial charge in [-0.1, -0.05) is 204 Å². The van der Waals surface area contributed by atoms with Crippen molar-refractivity contribution < 1.29 is 22.8 Å². The van der Waals surface area contributed by atoms with Crippen LogP contribution in [0, 0.1) is 105 Å². The fourth-order valence-electron chi connectivity index (χ4n) is 22.1. The van der Waals surface area contributed by atoms with Crippen molar-refractivity contribution in [2.75, 3.05) is 0 Å².